The van der Waals surface area contributed by atoms with Crippen LogP contribution in [0.4, 0.5) is 0 Å². The van der Waals surface area contributed by atoms with Gasteiger partial charge in [-0.3, -0.25) is 9.59 Å². The predicted octanol–water partition coefficient (Wildman–Crippen LogP) is 2.79. The average Bonchev–Trinajstić information content (AvgIpc) is 2.91. The van der Waals surface area contributed by atoms with Gasteiger partial charge in [0.1, 0.15) is 5.78 Å². The molecule has 0 spiro atoms. The molecule has 1 aliphatic carbocycles. The largest absolute Gasteiger partial charge is 0.481 e. The Balaban J connectivity index is 1.61. The quantitative estimate of drug-likeness (QED) is 0.766. The molecule has 6 nitrogen and oxygen atoms in total. The number of aliphatic carboxylic acids is 1. The second-order valence-corrected chi connectivity index (χ2v) is 7.01. The summed E-state index contributed by atoms with van der Waals surface area (Å²) in [4.78, 5) is 23.5. The summed E-state index contributed by atoms with van der Waals surface area (Å²) in [5, 5.41) is 9.16. The number of rotatable bonds is 8. The monoisotopic (exact) mass is 362 g/mol. The van der Waals surface area contributed by atoms with E-state index in [9.17, 15) is 9.59 Å². The van der Waals surface area contributed by atoms with Crippen LogP contribution >= 0.6 is 0 Å². The maximum Gasteiger partial charge on any atom is 0.304 e. The molecule has 4 unspecified atom stereocenters. The van der Waals surface area contributed by atoms with Crippen LogP contribution in [0.3, 0.4) is 0 Å². The molecular weight excluding hydrogens is 336 g/mol. The van der Waals surface area contributed by atoms with Crippen LogP contribution in [0.2, 0.25) is 0 Å². The van der Waals surface area contributed by atoms with Gasteiger partial charge in [0.2, 0.25) is 0 Å². The number of ether oxygens (including phenoxy) is 3. The van der Waals surface area contributed by atoms with Gasteiger partial charge in [0, 0.05) is 24.9 Å². The summed E-state index contributed by atoms with van der Waals surface area (Å²) >= 11 is 0. The summed E-state index contributed by atoms with van der Waals surface area (Å²) in [7, 11) is 0. The van der Waals surface area contributed by atoms with Crippen LogP contribution in [-0.2, 0) is 30.4 Å². The van der Waals surface area contributed by atoms with Crippen molar-refractivity contribution >= 4 is 11.8 Å². The molecular formula is C20H26O6. The van der Waals surface area contributed by atoms with Crippen LogP contribution in [0.5, 0.6) is 0 Å². The van der Waals surface area contributed by atoms with E-state index in [1.807, 2.05) is 30.3 Å². The van der Waals surface area contributed by atoms with Gasteiger partial charge in [-0.25, -0.2) is 0 Å². The van der Waals surface area contributed by atoms with Crippen molar-refractivity contribution < 1.29 is 28.9 Å². The van der Waals surface area contributed by atoms with Crippen molar-refractivity contribution in [1.29, 1.82) is 0 Å². The van der Waals surface area contributed by atoms with Gasteiger partial charge in [-0.15, -0.1) is 0 Å². The first-order chi connectivity index (χ1) is 12.6. The molecule has 1 N–H and O–H groups in total. The van der Waals surface area contributed by atoms with Crippen LogP contribution in [0.15, 0.2) is 30.3 Å². The number of hydrogen-bond acceptors (Lipinski definition) is 5. The standard InChI is InChI=1S/C20H26O6/c21-17-11-18(26-20-8-4-5-9-25-20)16(15(17)10-19(22)23)13-24-12-14-6-2-1-3-7-14/h1-3,6-7,15-16,18,20H,4-5,8-13H2,(H,22,23). The first-order valence-electron chi connectivity index (χ1n) is 9.26. The molecule has 0 bridgehead atoms. The molecule has 1 heterocycles. The van der Waals surface area contributed by atoms with Crippen LogP contribution in [0.25, 0.3) is 0 Å². The smallest absolute Gasteiger partial charge is 0.304 e. The third-order valence-electron chi connectivity index (χ3n) is 5.09. The van der Waals surface area contributed by atoms with Gasteiger partial charge in [-0.05, 0) is 24.8 Å². The van der Waals surface area contributed by atoms with E-state index in [1.165, 1.54) is 0 Å². The molecule has 6 heteroatoms. The third kappa shape index (κ3) is 5.13. The van der Waals surface area contributed by atoms with Crippen molar-refractivity contribution in [2.24, 2.45) is 11.8 Å². The van der Waals surface area contributed by atoms with Crippen molar-refractivity contribution in [3.63, 3.8) is 0 Å². The zero-order valence-corrected chi connectivity index (χ0v) is 14.8. The fourth-order valence-electron chi connectivity index (χ4n) is 3.73. The average molecular weight is 362 g/mol. The molecule has 1 aromatic carbocycles. The van der Waals surface area contributed by atoms with Gasteiger partial charge in [-0.1, -0.05) is 30.3 Å². The molecule has 0 radical (unpaired) electrons. The number of carbonyl (C=O) groups excluding carboxylic acids is 1. The SMILES string of the molecule is O=C(O)CC1C(=O)CC(OC2CCCCO2)C1COCc1ccccc1. The van der Waals surface area contributed by atoms with Crippen LogP contribution in [0.1, 0.15) is 37.7 Å². The van der Waals surface area contributed by atoms with Crippen molar-refractivity contribution in [3.8, 4) is 0 Å². The van der Waals surface area contributed by atoms with E-state index in [4.69, 9.17) is 19.3 Å². The van der Waals surface area contributed by atoms with E-state index in [0.29, 0.717) is 19.8 Å². The van der Waals surface area contributed by atoms with Gasteiger partial charge in [0.15, 0.2) is 6.29 Å². The normalized spacial score (nSPS) is 29.0. The molecule has 26 heavy (non-hydrogen) atoms. The van der Waals surface area contributed by atoms with E-state index in [2.05, 4.69) is 0 Å². The van der Waals surface area contributed by atoms with Gasteiger partial charge < -0.3 is 19.3 Å². The fourth-order valence-corrected chi connectivity index (χ4v) is 3.73. The maximum atomic E-state index is 12.4. The number of carboxylic acids is 1. The van der Waals surface area contributed by atoms with Crippen molar-refractivity contribution in [2.45, 2.75) is 51.1 Å². The summed E-state index contributed by atoms with van der Waals surface area (Å²) in [5.41, 5.74) is 1.04. The number of Topliss-reactive ketones (excluding diaryl/α,β-unsaturated/α-hetero) is 1. The first-order valence-corrected chi connectivity index (χ1v) is 9.26. The molecule has 2 aliphatic rings. The minimum Gasteiger partial charge on any atom is -0.481 e. The summed E-state index contributed by atoms with van der Waals surface area (Å²) < 4.78 is 17.5. The van der Waals surface area contributed by atoms with Crippen LogP contribution < -0.4 is 0 Å². The van der Waals surface area contributed by atoms with Crippen LogP contribution in [-0.4, -0.2) is 42.5 Å². The molecule has 0 amide bonds. The summed E-state index contributed by atoms with van der Waals surface area (Å²) in [5.74, 6) is -1.84. The number of benzene rings is 1. The molecule has 1 aliphatic heterocycles. The van der Waals surface area contributed by atoms with Crippen molar-refractivity contribution in [1.82, 2.24) is 0 Å². The lowest BCUT2D eigenvalue weighted by Crippen LogP contribution is -2.34. The Hall–Kier alpha value is -1.76. The van der Waals surface area contributed by atoms with Gasteiger partial charge in [0.25, 0.3) is 0 Å². The highest BCUT2D eigenvalue weighted by molar-refractivity contribution is 5.87. The van der Waals surface area contributed by atoms with Crippen LogP contribution in [0, 0.1) is 11.8 Å². The lowest BCUT2D eigenvalue weighted by molar-refractivity contribution is -0.199. The highest BCUT2D eigenvalue weighted by Crippen LogP contribution is 2.36. The second-order valence-electron chi connectivity index (χ2n) is 7.01. The Kier molecular flexibility index (Phi) is 6.77. The summed E-state index contributed by atoms with van der Waals surface area (Å²) in [6.07, 6.45) is 2.29. The molecule has 4 atom stereocenters. The van der Waals surface area contributed by atoms with E-state index in [0.717, 1.165) is 24.8 Å². The highest BCUT2D eigenvalue weighted by Gasteiger charge is 2.45. The minimum absolute atomic E-state index is 0.0541. The number of ketones is 1. The van der Waals surface area contributed by atoms with Gasteiger partial charge in [0.05, 0.1) is 25.7 Å². The van der Waals surface area contributed by atoms with E-state index in [1.54, 1.807) is 0 Å². The Morgan fingerprint density at radius 2 is 2.04 bits per heavy atom. The molecule has 142 valence electrons. The molecule has 1 saturated carbocycles. The second kappa shape index (κ2) is 9.26. The number of carboxylic acid groups (broad SMARTS) is 1. The maximum absolute atomic E-state index is 12.4. The fraction of sp³-hybridized carbons (Fsp3) is 0.600. The Labute approximate surface area is 153 Å². The predicted molar refractivity (Wildman–Crippen MR) is 93.4 cm³/mol. The Bertz CT molecular complexity index is 596. The zero-order valence-electron chi connectivity index (χ0n) is 14.8. The highest BCUT2D eigenvalue weighted by atomic mass is 16.7. The Morgan fingerprint density at radius 3 is 2.73 bits per heavy atom. The van der Waals surface area contributed by atoms with E-state index in [-0.39, 0.29) is 36.9 Å². The van der Waals surface area contributed by atoms with Gasteiger partial charge >= 0.3 is 5.97 Å². The molecule has 3 rings (SSSR count). The molecule has 1 saturated heterocycles. The molecule has 2 fully saturated rings. The third-order valence-corrected chi connectivity index (χ3v) is 5.09. The minimum atomic E-state index is -0.967. The van der Waals surface area contributed by atoms with Gasteiger partial charge in [-0.2, -0.15) is 0 Å². The van der Waals surface area contributed by atoms with E-state index < -0.39 is 11.9 Å². The molecule has 0 aromatic heterocycles. The topological polar surface area (TPSA) is 82.1 Å². The zero-order chi connectivity index (χ0) is 18.4. The molecule has 1 aromatic rings. The first kappa shape index (κ1) is 19.0. The van der Waals surface area contributed by atoms with E-state index >= 15 is 0 Å². The lowest BCUT2D eigenvalue weighted by Gasteiger charge is -2.29. The Morgan fingerprint density at radius 1 is 1.23 bits per heavy atom. The number of hydrogen-bond donors (Lipinski definition) is 1. The van der Waals surface area contributed by atoms with Crippen molar-refractivity contribution in [3.05, 3.63) is 35.9 Å². The number of carbonyl (C=O) groups is 2. The summed E-state index contributed by atoms with van der Waals surface area (Å²) in [6.45, 7) is 1.40. The lowest BCUT2D eigenvalue weighted by atomic mass is 9.92. The summed E-state index contributed by atoms with van der Waals surface area (Å²) in [6, 6.07) is 9.77. The van der Waals surface area contributed by atoms with Crippen molar-refractivity contribution in [2.75, 3.05) is 13.2 Å².